The van der Waals surface area contributed by atoms with Crippen molar-refractivity contribution in [2.24, 2.45) is 0 Å². The van der Waals surface area contributed by atoms with Crippen LogP contribution >= 0.6 is 0 Å². The first-order chi connectivity index (χ1) is 12.6. The van der Waals surface area contributed by atoms with Gasteiger partial charge in [-0.05, 0) is 37.3 Å². The predicted octanol–water partition coefficient (Wildman–Crippen LogP) is 4.42. The molecule has 2 aromatic carbocycles. The van der Waals surface area contributed by atoms with Gasteiger partial charge in [0.25, 0.3) is 5.91 Å². The number of ether oxygens (including phenoxy) is 1. The number of hydrogen-bond donors (Lipinski definition) is 1. The number of aryl methyl sites for hydroxylation is 1. The molecule has 134 valence electrons. The minimum absolute atomic E-state index is 0.0406. The molecule has 0 radical (unpaired) electrons. The maximum absolute atomic E-state index is 12.6. The molecule has 1 amide bonds. The summed E-state index contributed by atoms with van der Waals surface area (Å²) >= 11 is 0. The van der Waals surface area contributed by atoms with E-state index in [0.717, 1.165) is 0 Å². The zero-order chi connectivity index (χ0) is 18.5. The molecule has 7 heteroatoms. The summed E-state index contributed by atoms with van der Waals surface area (Å²) in [6, 6.07) is 16.9. The Morgan fingerprint density at radius 2 is 1.92 bits per heavy atom. The number of aromatic nitrogens is 2. The Morgan fingerprint density at radius 3 is 2.62 bits per heavy atom. The molecule has 1 heterocycles. The average Bonchev–Trinajstić information content (AvgIpc) is 3.07. The van der Waals surface area contributed by atoms with Gasteiger partial charge in [-0.1, -0.05) is 30.3 Å². The van der Waals surface area contributed by atoms with Crippen LogP contribution in [0.5, 0.6) is 5.75 Å². The number of nitrogens with one attached hydrogen (secondary N) is 1. The number of carbonyl (C=O) groups is 1. The van der Waals surface area contributed by atoms with Crippen LogP contribution in [0.3, 0.4) is 0 Å². The van der Waals surface area contributed by atoms with E-state index in [-0.39, 0.29) is 11.7 Å². The molecule has 3 rings (SSSR count). The third-order valence-electron chi connectivity index (χ3n) is 3.70. The summed E-state index contributed by atoms with van der Waals surface area (Å²) in [5.74, 6) is -0.254. The van der Waals surface area contributed by atoms with Crippen molar-refractivity contribution in [3.63, 3.8) is 0 Å². The second-order valence-electron chi connectivity index (χ2n) is 5.46. The second-order valence-corrected chi connectivity index (χ2v) is 5.46. The first kappa shape index (κ1) is 17.6. The molecule has 0 aliphatic carbocycles. The number of rotatable bonds is 6. The molecule has 0 unspecified atom stereocenters. The lowest BCUT2D eigenvalue weighted by Gasteiger charge is -2.06. The van der Waals surface area contributed by atoms with E-state index in [2.05, 4.69) is 15.2 Å². The highest BCUT2D eigenvalue weighted by atomic mass is 19.3. The normalized spacial score (nSPS) is 10.8. The Balaban J connectivity index is 1.88. The van der Waals surface area contributed by atoms with Crippen molar-refractivity contribution in [2.45, 2.75) is 20.1 Å². The number of para-hydroxylation sites is 1. The molecule has 1 aromatic heterocycles. The van der Waals surface area contributed by atoms with Crippen LogP contribution < -0.4 is 10.1 Å². The van der Waals surface area contributed by atoms with Gasteiger partial charge in [0.2, 0.25) is 0 Å². The highest BCUT2D eigenvalue weighted by Gasteiger charge is 2.16. The smallest absolute Gasteiger partial charge is 0.387 e. The molecule has 0 fully saturated rings. The second kappa shape index (κ2) is 7.77. The van der Waals surface area contributed by atoms with Crippen molar-refractivity contribution in [1.29, 1.82) is 0 Å². The molecular formula is C19H17F2N3O2. The summed E-state index contributed by atoms with van der Waals surface area (Å²) in [5.41, 5.74) is 2.15. The van der Waals surface area contributed by atoms with Crippen LogP contribution in [0.2, 0.25) is 0 Å². The molecule has 0 bridgehead atoms. The number of alkyl halides is 2. The van der Waals surface area contributed by atoms with Crippen molar-refractivity contribution < 1.29 is 18.3 Å². The predicted molar refractivity (Wildman–Crippen MR) is 94.4 cm³/mol. The van der Waals surface area contributed by atoms with Crippen LogP contribution in [0.15, 0.2) is 60.7 Å². The number of carbonyl (C=O) groups excluding carboxylic acids is 1. The van der Waals surface area contributed by atoms with Crippen molar-refractivity contribution >= 4 is 11.6 Å². The van der Waals surface area contributed by atoms with E-state index in [4.69, 9.17) is 0 Å². The van der Waals surface area contributed by atoms with Crippen LogP contribution in [-0.2, 0) is 6.54 Å². The van der Waals surface area contributed by atoms with E-state index in [1.54, 1.807) is 35.0 Å². The SMILES string of the molecule is CCn1nc(-c2cccc(OC(F)F)c2)cc1C(=O)Nc1ccccc1. The Morgan fingerprint density at radius 1 is 1.15 bits per heavy atom. The molecule has 3 aromatic rings. The Labute approximate surface area is 149 Å². The molecule has 0 aliphatic rings. The van der Waals surface area contributed by atoms with Gasteiger partial charge in [-0.2, -0.15) is 13.9 Å². The maximum atomic E-state index is 12.6. The van der Waals surface area contributed by atoms with Crippen LogP contribution in [0.25, 0.3) is 11.3 Å². The Hall–Kier alpha value is -3.22. The number of amides is 1. The fraction of sp³-hybridized carbons (Fsp3) is 0.158. The highest BCUT2D eigenvalue weighted by Crippen LogP contribution is 2.25. The fourth-order valence-corrected chi connectivity index (χ4v) is 2.53. The van der Waals surface area contributed by atoms with Gasteiger partial charge in [-0.25, -0.2) is 0 Å². The van der Waals surface area contributed by atoms with Crippen LogP contribution in [0.1, 0.15) is 17.4 Å². The number of nitrogens with zero attached hydrogens (tertiary/aromatic N) is 2. The molecule has 1 N–H and O–H groups in total. The third-order valence-corrected chi connectivity index (χ3v) is 3.70. The molecule has 0 aliphatic heterocycles. The van der Waals surface area contributed by atoms with Gasteiger partial charge in [0.05, 0.1) is 5.69 Å². The third kappa shape index (κ3) is 4.05. The molecule has 5 nitrogen and oxygen atoms in total. The van der Waals surface area contributed by atoms with Crippen molar-refractivity contribution in [3.05, 3.63) is 66.4 Å². The van der Waals surface area contributed by atoms with Crippen LogP contribution in [0, 0.1) is 0 Å². The number of anilines is 1. The molecule has 26 heavy (non-hydrogen) atoms. The molecule has 0 atom stereocenters. The first-order valence-electron chi connectivity index (χ1n) is 8.06. The van der Waals surface area contributed by atoms with E-state index in [9.17, 15) is 13.6 Å². The van der Waals surface area contributed by atoms with Gasteiger partial charge in [-0.3, -0.25) is 9.48 Å². The van der Waals surface area contributed by atoms with E-state index >= 15 is 0 Å². The van der Waals surface area contributed by atoms with Gasteiger partial charge in [0.1, 0.15) is 11.4 Å². The van der Waals surface area contributed by atoms with E-state index in [1.165, 1.54) is 12.1 Å². The first-order valence-corrected chi connectivity index (χ1v) is 8.06. The van der Waals surface area contributed by atoms with E-state index < -0.39 is 6.61 Å². The molecular weight excluding hydrogens is 340 g/mol. The summed E-state index contributed by atoms with van der Waals surface area (Å²) in [6.07, 6.45) is 0. The minimum Gasteiger partial charge on any atom is -0.435 e. The van der Waals surface area contributed by atoms with Gasteiger partial charge in [-0.15, -0.1) is 0 Å². The highest BCUT2D eigenvalue weighted by molar-refractivity contribution is 6.03. The summed E-state index contributed by atoms with van der Waals surface area (Å²) in [6.45, 7) is -0.539. The quantitative estimate of drug-likeness (QED) is 0.710. The number of benzene rings is 2. The lowest BCUT2D eigenvalue weighted by Crippen LogP contribution is -2.17. The van der Waals surface area contributed by atoms with E-state index in [0.29, 0.717) is 29.2 Å². The lowest BCUT2D eigenvalue weighted by atomic mass is 10.1. The van der Waals surface area contributed by atoms with Crippen molar-refractivity contribution in [3.8, 4) is 17.0 Å². The monoisotopic (exact) mass is 357 g/mol. The zero-order valence-electron chi connectivity index (χ0n) is 14.0. The summed E-state index contributed by atoms with van der Waals surface area (Å²) < 4.78 is 30.8. The average molecular weight is 357 g/mol. The Bertz CT molecular complexity index is 895. The van der Waals surface area contributed by atoms with Crippen LogP contribution in [-0.4, -0.2) is 22.3 Å². The Kier molecular flexibility index (Phi) is 5.26. The van der Waals surface area contributed by atoms with Gasteiger partial charge in [0.15, 0.2) is 0 Å². The maximum Gasteiger partial charge on any atom is 0.387 e. The summed E-state index contributed by atoms with van der Waals surface area (Å²) in [7, 11) is 0. The molecule has 0 saturated heterocycles. The standard InChI is InChI=1S/C19H17F2N3O2/c1-2-24-17(18(25)22-14-8-4-3-5-9-14)12-16(23-24)13-7-6-10-15(11-13)26-19(20)21/h3-12,19H,2H2,1H3,(H,22,25). The summed E-state index contributed by atoms with van der Waals surface area (Å²) in [5, 5.41) is 7.21. The molecule has 0 saturated carbocycles. The van der Waals surface area contributed by atoms with Crippen molar-refractivity contribution in [2.75, 3.05) is 5.32 Å². The van der Waals surface area contributed by atoms with Gasteiger partial charge >= 0.3 is 6.61 Å². The van der Waals surface area contributed by atoms with Crippen LogP contribution in [0.4, 0.5) is 14.5 Å². The molecule has 0 spiro atoms. The van der Waals surface area contributed by atoms with Crippen molar-refractivity contribution in [1.82, 2.24) is 9.78 Å². The summed E-state index contributed by atoms with van der Waals surface area (Å²) in [4.78, 5) is 12.6. The number of hydrogen-bond acceptors (Lipinski definition) is 3. The van der Waals surface area contributed by atoms with E-state index in [1.807, 2.05) is 25.1 Å². The van der Waals surface area contributed by atoms with Gasteiger partial charge in [0, 0.05) is 17.8 Å². The topological polar surface area (TPSA) is 56.2 Å². The fourth-order valence-electron chi connectivity index (χ4n) is 2.53. The minimum atomic E-state index is -2.90. The largest absolute Gasteiger partial charge is 0.435 e. The van der Waals surface area contributed by atoms with Gasteiger partial charge < -0.3 is 10.1 Å². The lowest BCUT2D eigenvalue weighted by molar-refractivity contribution is -0.0498. The number of halogens is 2. The zero-order valence-corrected chi connectivity index (χ0v) is 14.0.